The molecule has 5 nitrogen and oxygen atoms in total. The maximum atomic E-state index is 9.30. The molecule has 3 aromatic rings. The highest BCUT2D eigenvalue weighted by Gasteiger charge is 2.15. The third-order valence-corrected chi connectivity index (χ3v) is 3.46. The first-order chi connectivity index (χ1) is 10.5. The first-order valence-electron chi connectivity index (χ1n) is 6.93. The molecule has 0 unspecified atom stereocenters. The number of halogens is 1. The Hall–Kier alpha value is -2.40. The molecule has 2 aromatic heterocycles. The van der Waals surface area contributed by atoms with Crippen LogP contribution in [0, 0.1) is 0 Å². The number of nitrogens with zero attached hydrogens (tertiary/aromatic N) is 4. The Bertz CT molecular complexity index is 837. The van der Waals surface area contributed by atoms with Crippen LogP contribution in [0.25, 0.3) is 5.65 Å². The molecule has 0 radical (unpaired) electrons. The lowest BCUT2D eigenvalue weighted by Gasteiger charge is -2.02. The van der Waals surface area contributed by atoms with Crippen molar-refractivity contribution >= 4 is 28.8 Å². The maximum Gasteiger partial charge on any atom is 0.183 e. The molecule has 3 rings (SSSR count). The van der Waals surface area contributed by atoms with Crippen molar-refractivity contribution < 1.29 is 5.11 Å². The summed E-state index contributed by atoms with van der Waals surface area (Å²) in [6.07, 6.45) is 1.78. The molecule has 0 aliphatic heterocycles. The van der Waals surface area contributed by atoms with E-state index in [1.165, 1.54) is 0 Å². The molecule has 6 heteroatoms. The number of hydrogen-bond acceptors (Lipinski definition) is 4. The molecule has 22 heavy (non-hydrogen) atoms. The molecule has 0 saturated carbocycles. The summed E-state index contributed by atoms with van der Waals surface area (Å²) < 4.78 is 1.83. The van der Waals surface area contributed by atoms with Crippen molar-refractivity contribution in [1.82, 2.24) is 9.38 Å². The fourth-order valence-corrected chi connectivity index (χ4v) is 2.30. The fraction of sp³-hybridized carbons (Fsp3) is 0.188. The second-order valence-corrected chi connectivity index (χ2v) is 5.70. The summed E-state index contributed by atoms with van der Waals surface area (Å²) in [4.78, 5) is 4.59. The summed E-state index contributed by atoms with van der Waals surface area (Å²) in [6.45, 7) is 4.12. The number of rotatable bonds is 3. The smallest absolute Gasteiger partial charge is 0.183 e. The largest absolute Gasteiger partial charge is 0.508 e. The number of hydrogen-bond donors (Lipinski definition) is 1. The summed E-state index contributed by atoms with van der Waals surface area (Å²) >= 11 is 6.07. The quantitative estimate of drug-likeness (QED) is 0.672. The second-order valence-electron chi connectivity index (χ2n) is 5.27. The third-order valence-electron chi connectivity index (χ3n) is 3.24. The van der Waals surface area contributed by atoms with Crippen LogP contribution in [0.4, 0.5) is 11.5 Å². The van der Waals surface area contributed by atoms with E-state index in [0.29, 0.717) is 16.5 Å². The highest BCUT2D eigenvalue weighted by molar-refractivity contribution is 6.30. The van der Waals surface area contributed by atoms with Crippen molar-refractivity contribution in [2.45, 2.75) is 19.8 Å². The predicted molar refractivity (Wildman–Crippen MR) is 86.6 cm³/mol. The van der Waals surface area contributed by atoms with Crippen molar-refractivity contribution in [3.05, 3.63) is 53.3 Å². The minimum absolute atomic E-state index is 0.198. The average Bonchev–Trinajstić information content (AvgIpc) is 2.85. The van der Waals surface area contributed by atoms with E-state index in [2.05, 4.69) is 29.1 Å². The van der Waals surface area contributed by atoms with Crippen molar-refractivity contribution in [3.63, 3.8) is 0 Å². The molecule has 0 fully saturated rings. The number of benzene rings is 1. The highest BCUT2D eigenvalue weighted by Crippen LogP contribution is 2.30. The number of imidazole rings is 1. The van der Waals surface area contributed by atoms with Crippen LogP contribution in [0.1, 0.15) is 25.5 Å². The van der Waals surface area contributed by atoms with Crippen molar-refractivity contribution in [3.8, 4) is 5.75 Å². The van der Waals surface area contributed by atoms with E-state index in [9.17, 15) is 5.11 Å². The highest BCUT2D eigenvalue weighted by atomic mass is 35.5. The molecule has 0 aliphatic rings. The van der Waals surface area contributed by atoms with E-state index < -0.39 is 0 Å². The molecule has 0 saturated heterocycles. The van der Waals surface area contributed by atoms with E-state index in [4.69, 9.17) is 11.6 Å². The summed E-state index contributed by atoms with van der Waals surface area (Å²) in [5, 5.41) is 18.5. The lowest BCUT2D eigenvalue weighted by molar-refractivity contribution is 0.475. The van der Waals surface area contributed by atoms with Crippen molar-refractivity contribution in [2.75, 3.05) is 0 Å². The van der Waals surface area contributed by atoms with Gasteiger partial charge in [-0.1, -0.05) is 25.4 Å². The number of aromatic hydroxyl groups is 1. The Labute approximate surface area is 132 Å². The number of aromatic nitrogens is 2. The van der Waals surface area contributed by atoms with E-state index in [0.717, 1.165) is 11.3 Å². The molecular formula is C16H15ClN4O. The van der Waals surface area contributed by atoms with Crippen LogP contribution in [-0.4, -0.2) is 14.5 Å². The Morgan fingerprint density at radius 2 is 1.82 bits per heavy atom. The number of azo groups is 1. The molecule has 0 spiro atoms. The zero-order valence-electron chi connectivity index (χ0n) is 12.2. The van der Waals surface area contributed by atoms with Gasteiger partial charge in [0.25, 0.3) is 0 Å². The molecule has 0 amide bonds. The van der Waals surface area contributed by atoms with Gasteiger partial charge in [0.1, 0.15) is 11.4 Å². The molecule has 2 heterocycles. The maximum absolute atomic E-state index is 9.30. The molecular weight excluding hydrogens is 300 g/mol. The molecule has 0 bridgehead atoms. The normalized spacial score (nSPS) is 11.8. The molecule has 1 N–H and O–H groups in total. The summed E-state index contributed by atoms with van der Waals surface area (Å²) in [7, 11) is 0. The molecule has 0 aliphatic carbocycles. The zero-order chi connectivity index (χ0) is 15.7. The Morgan fingerprint density at radius 3 is 2.50 bits per heavy atom. The Morgan fingerprint density at radius 1 is 1.09 bits per heavy atom. The summed E-state index contributed by atoms with van der Waals surface area (Å²) in [6, 6.07) is 10.2. The molecule has 0 atom stereocenters. The molecule has 1 aromatic carbocycles. The summed E-state index contributed by atoms with van der Waals surface area (Å²) in [5.41, 5.74) is 2.31. The standard InChI is InChI=1S/C16H15ClN4O/c1-10(2)15-16(20-19-12-4-6-13(22)7-5-12)21-9-11(17)3-8-14(21)18-15/h3-10,22H,1-2H3. The van der Waals surface area contributed by atoms with Gasteiger partial charge >= 0.3 is 0 Å². The van der Waals surface area contributed by atoms with Crippen LogP contribution in [0.5, 0.6) is 5.75 Å². The van der Waals surface area contributed by atoms with Crippen LogP contribution < -0.4 is 0 Å². The number of pyridine rings is 1. The average molecular weight is 315 g/mol. The minimum atomic E-state index is 0.198. The predicted octanol–water partition coefficient (Wildman–Crippen LogP) is 5.23. The van der Waals surface area contributed by atoms with Crippen LogP contribution >= 0.6 is 11.6 Å². The van der Waals surface area contributed by atoms with Crippen LogP contribution in [-0.2, 0) is 0 Å². The van der Waals surface area contributed by atoms with Crippen LogP contribution in [0.2, 0.25) is 5.02 Å². The lowest BCUT2D eigenvalue weighted by atomic mass is 10.1. The Kier molecular flexibility index (Phi) is 3.81. The third kappa shape index (κ3) is 2.80. The number of phenolic OH excluding ortho intramolecular Hbond substituents is 1. The van der Waals surface area contributed by atoms with Gasteiger partial charge in [0.2, 0.25) is 0 Å². The zero-order valence-corrected chi connectivity index (χ0v) is 13.0. The van der Waals surface area contributed by atoms with Gasteiger partial charge in [-0.25, -0.2) is 4.98 Å². The van der Waals surface area contributed by atoms with E-state index >= 15 is 0 Å². The lowest BCUT2D eigenvalue weighted by Crippen LogP contribution is -1.87. The van der Waals surface area contributed by atoms with Crippen molar-refractivity contribution in [1.29, 1.82) is 0 Å². The Balaban J connectivity index is 2.09. The van der Waals surface area contributed by atoms with E-state index in [1.54, 1.807) is 36.5 Å². The molecule has 112 valence electrons. The first kappa shape index (κ1) is 14.5. The van der Waals surface area contributed by atoms with Gasteiger partial charge in [0.15, 0.2) is 5.82 Å². The topological polar surface area (TPSA) is 62.2 Å². The minimum Gasteiger partial charge on any atom is -0.508 e. The van der Waals surface area contributed by atoms with Gasteiger partial charge in [-0.3, -0.25) is 4.40 Å². The van der Waals surface area contributed by atoms with Crippen molar-refractivity contribution in [2.24, 2.45) is 10.2 Å². The van der Waals surface area contributed by atoms with E-state index in [-0.39, 0.29) is 11.7 Å². The fourth-order valence-electron chi connectivity index (χ4n) is 2.14. The van der Waals surface area contributed by atoms with Gasteiger partial charge < -0.3 is 5.11 Å². The SMILES string of the molecule is CC(C)c1nc2ccc(Cl)cn2c1N=Nc1ccc(O)cc1. The number of phenols is 1. The van der Waals surface area contributed by atoms with Gasteiger partial charge in [0, 0.05) is 6.20 Å². The van der Waals surface area contributed by atoms with Gasteiger partial charge in [-0.2, -0.15) is 0 Å². The second kappa shape index (κ2) is 5.77. The van der Waals surface area contributed by atoms with Crippen LogP contribution in [0.15, 0.2) is 52.8 Å². The first-order valence-corrected chi connectivity index (χ1v) is 7.30. The van der Waals surface area contributed by atoms with Crippen LogP contribution in [0.3, 0.4) is 0 Å². The van der Waals surface area contributed by atoms with Gasteiger partial charge in [-0.05, 0) is 42.3 Å². The number of fused-ring (bicyclic) bond motifs is 1. The van der Waals surface area contributed by atoms with E-state index in [1.807, 2.05) is 10.5 Å². The summed E-state index contributed by atoms with van der Waals surface area (Å²) in [5.74, 6) is 1.08. The van der Waals surface area contributed by atoms with Gasteiger partial charge in [-0.15, -0.1) is 10.2 Å². The monoisotopic (exact) mass is 314 g/mol. The van der Waals surface area contributed by atoms with Gasteiger partial charge in [0.05, 0.1) is 16.4 Å².